The highest BCUT2D eigenvalue weighted by Gasteiger charge is 2.24. The van der Waals surface area contributed by atoms with Gasteiger partial charge < -0.3 is 20.3 Å². The van der Waals surface area contributed by atoms with Crippen LogP contribution in [0.1, 0.15) is 297 Å². The van der Waals surface area contributed by atoms with Crippen molar-refractivity contribution >= 4 is 11.9 Å². The molecule has 0 fully saturated rings. The van der Waals surface area contributed by atoms with Crippen LogP contribution in [0.4, 0.5) is 0 Å². The van der Waals surface area contributed by atoms with Gasteiger partial charge in [0.2, 0.25) is 5.91 Å². The second-order valence-corrected chi connectivity index (χ2v) is 18.3. The Hall–Kier alpha value is -1.14. The summed E-state index contributed by atoms with van der Waals surface area (Å²) in [7, 11) is 0. The third-order valence-corrected chi connectivity index (χ3v) is 12.4. The van der Waals surface area contributed by atoms with Crippen LogP contribution in [-0.2, 0) is 14.3 Å². The predicted octanol–water partition coefficient (Wildman–Crippen LogP) is 15.6. The number of carbonyl (C=O) groups excluding carboxylic acids is 2. The number of nitrogens with one attached hydrogen (secondary N) is 1. The van der Waals surface area contributed by atoms with Gasteiger partial charge in [-0.1, -0.05) is 258 Å². The van der Waals surface area contributed by atoms with E-state index in [2.05, 4.69) is 26.1 Å². The average Bonchev–Trinajstić information content (AvgIpc) is 3.22. The lowest BCUT2D eigenvalue weighted by Crippen LogP contribution is -2.46. The molecule has 0 saturated carbocycles. The van der Waals surface area contributed by atoms with E-state index in [0.717, 1.165) is 44.9 Å². The highest BCUT2D eigenvalue weighted by atomic mass is 16.5. The Morgan fingerprint density at radius 3 is 1.05 bits per heavy atom. The van der Waals surface area contributed by atoms with Gasteiger partial charge in [0.25, 0.3) is 0 Å². The zero-order chi connectivity index (χ0) is 42.4. The first-order valence-electron chi connectivity index (χ1n) is 26.3. The molecule has 0 spiro atoms. The Balaban J connectivity index is 4.50. The Morgan fingerprint density at radius 2 is 0.724 bits per heavy atom. The number of ether oxygens (including phenoxy) is 1. The number of hydrogen-bond donors (Lipinski definition) is 3. The summed E-state index contributed by atoms with van der Waals surface area (Å²) in [4.78, 5) is 26.1. The van der Waals surface area contributed by atoms with Crippen LogP contribution in [-0.4, -0.2) is 46.9 Å². The smallest absolute Gasteiger partial charge is 0.306 e. The van der Waals surface area contributed by atoms with Crippen LogP contribution in [0.5, 0.6) is 0 Å². The van der Waals surface area contributed by atoms with E-state index >= 15 is 0 Å². The van der Waals surface area contributed by atoms with Crippen molar-refractivity contribution in [3.05, 3.63) is 0 Å². The molecule has 6 heteroatoms. The normalized spacial score (nSPS) is 13.1. The molecule has 3 unspecified atom stereocenters. The molecule has 0 aromatic carbocycles. The van der Waals surface area contributed by atoms with Crippen molar-refractivity contribution in [3.63, 3.8) is 0 Å². The number of unbranched alkanes of at least 4 members (excludes halogenated alkanes) is 36. The molecule has 1 amide bonds. The minimum Gasteiger partial charge on any atom is -0.462 e. The number of aliphatic hydroxyl groups is 2. The van der Waals surface area contributed by atoms with Crippen LogP contribution in [0.15, 0.2) is 0 Å². The minimum atomic E-state index is -0.778. The molecule has 0 saturated heterocycles. The fourth-order valence-corrected chi connectivity index (χ4v) is 8.43. The van der Waals surface area contributed by atoms with Crippen LogP contribution in [0.2, 0.25) is 0 Å². The van der Waals surface area contributed by atoms with Gasteiger partial charge in [0.05, 0.1) is 25.2 Å². The first-order chi connectivity index (χ1) is 28.5. The van der Waals surface area contributed by atoms with Crippen molar-refractivity contribution in [3.8, 4) is 0 Å². The summed E-state index contributed by atoms with van der Waals surface area (Å²) in [6.45, 7) is 6.50. The van der Waals surface area contributed by atoms with Gasteiger partial charge in [-0.25, -0.2) is 0 Å². The predicted molar refractivity (Wildman–Crippen MR) is 250 cm³/mol. The van der Waals surface area contributed by atoms with Gasteiger partial charge >= 0.3 is 5.97 Å². The lowest BCUT2D eigenvalue weighted by Gasteiger charge is -2.24. The van der Waals surface area contributed by atoms with E-state index in [-0.39, 0.29) is 24.9 Å². The zero-order valence-electron chi connectivity index (χ0n) is 39.5. The van der Waals surface area contributed by atoms with E-state index in [1.54, 1.807) is 0 Å². The third-order valence-electron chi connectivity index (χ3n) is 12.4. The van der Waals surface area contributed by atoms with Crippen LogP contribution in [0, 0.1) is 0 Å². The van der Waals surface area contributed by atoms with Crippen molar-refractivity contribution in [2.45, 2.75) is 315 Å². The summed E-state index contributed by atoms with van der Waals surface area (Å²) < 4.78 is 5.94. The molecule has 0 aliphatic rings. The fourth-order valence-electron chi connectivity index (χ4n) is 8.43. The molecule has 3 atom stereocenters. The molecule has 0 aliphatic carbocycles. The molecule has 0 aliphatic heterocycles. The van der Waals surface area contributed by atoms with Crippen molar-refractivity contribution in [2.24, 2.45) is 0 Å². The first kappa shape index (κ1) is 56.9. The number of carbonyl (C=O) groups is 2. The Bertz CT molecular complexity index is 837. The summed E-state index contributed by atoms with van der Waals surface area (Å²) in [6.07, 6.45) is 50.2. The Morgan fingerprint density at radius 1 is 0.431 bits per heavy atom. The van der Waals surface area contributed by atoms with Gasteiger partial charge in [-0.05, 0) is 25.7 Å². The van der Waals surface area contributed by atoms with Gasteiger partial charge in [0.1, 0.15) is 6.10 Å². The molecule has 0 rings (SSSR count). The molecule has 6 nitrogen and oxygen atoms in total. The molecule has 0 aromatic heterocycles. The van der Waals surface area contributed by atoms with Gasteiger partial charge in [0.15, 0.2) is 0 Å². The summed E-state index contributed by atoms with van der Waals surface area (Å²) >= 11 is 0. The standard InChI is InChI=1S/C52H103NO5/c1-4-7-10-13-16-19-22-23-24-25-26-27-30-31-34-37-40-43-48(58-52(57)45-42-39-36-33-29-21-18-15-12-9-6-3)46-51(56)53-49(47-54)50(55)44-41-38-35-32-28-20-17-14-11-8-5-2/h48-50,54-55H,4-47H2,1-3H3,(H,53,56). The molecule has 58 heavy (non-hydrogen) atoms. The van der Waals surface area contributed by atoms with E-state index in [9.17, 15) is 19.8 Å². The number of aliphatic hydroxyl groups excluding tert-OH is 2. The van der Waals surface area contributed by atoms with E-state index < -0.39 is 18.2 Å². The quantitative estimate of drug-likeness (QED) is 0.0420. The summed E-state index contributed by atoms with van der Waals surface area (Å²) in [5.74, 6) is -0.451. The van der Waals surface area contributed by atoms with Crippen LogP contribution < -0.4 is 5.32 Å². The highest BCUT2D eigenvalue weighted by Crippen LogP contribution is 2.19. The van der Waals surface area contributed by atoms with Crippen LogP contribution >= 0.6 is 0 Å². The minimum absolute atomic E-state index is 0.0878. The second kappa shape index (κ2) is 46.9. The monoisotopic (exact) mass is 822 g/mol. The SMILES string of the molecule is CCCCCCCCCCCCCCCCCCCC(CC(=O)NC(CO)C(O)CCCCCCCCCCCCC)OC(=O)CCCCCCCCCCCCC. The van der Waals surface area contributed by atoms with Crippen molar-refractivity contribution in [2.75, 3.05) is 6.61 Å². The summed E-state index contributed by atoms with van der Waals surface area (Å²) in [6, 6.07) is -0.691. The molecule has 0 heterocycles. The average molecular weight is 822 g/mol. The Labute approximate surface area is 362 Å². The molecule has 0 aromatic rings. The van der Waals surface area contributed by atoms with E-state index in [0.29, 0.717) is 19.3 Å². The topological polar surface area (TPSA) is 95.9 Å². The molecule has 3 N–H and O–H groups in total. The largest absolute Gasteiger partial charge is 0.462 e. The summed E-state index contributed by atoms with van der Waals surface area (Å²) in [5.41, 5.74) is 0. The maximum absolute atomic E-state index is 13.2. The third kappa shape index (κ3) is 41.6. The van der Waals surface area contributed by atoms with Crippen LogP contribution in [0.3, 0.4) is 0 Å². The zero-order valence-corrected chi connectivity index (χ0v) is 39.5. The Kier molecular flexibility index (Phi) is 46.0. The number of rotatable bonds is 48. The lowest BCUT2D eigenvalue weighted by molar-refractivity contribution is -0.151. The van der Waals surface area contributed by atoms with Crippen LogP contribution in [0.25, 0.3) is 0 Å². The number of esters is 1. The van der Waals surface area contributed by atoms with E-state index in [4.69, 9.17) is 4.74 Å². The lowest BCUT2D eigenvalue weighted by atomic mass is 10.0. The van der Waals surface area contributed by atoms with Gasteiger partial charge in [0, 0.05) is 6.42 Å². The van der Waals surface area contributed by atoms with E-state index in [1.165, 1.54) is 205 Å². The van der Waals surface area contributed by atoms with Crippen molar-refractivity contribution in [1.82, 2.24) is 5.32 Å². The molecule has 0 bridgehead atoms. The number of amides is 1. The molecule has 346 valence electrons. The second-order valence-electron chi connectivity index (χ2n) is 18.3. The highest BCUT2D eigenvalue weighted by molar-refractivity contribution is 5.77. The number of hydrogen-bond acceptors (Lipinski definition) is 5. The van der Waals surface area contributed by atoms with Crippen molar-refractivity contribution in [1.29, 1.82) is 0 Å². The molecule has 0 radical (unpaired) electrons. The van der Waals surface area contributed by atoms with Gasteiger partial charge in [-0.2, -0.15) is 0 Å². The molecular weight excluding hydrogens is 719 g/mol. The first-order valence-corrected chi connectivity index (χ1v) is 26.3. The van der Waals surface area contributed by atoms with E-state index in [1.807, 2.05) is 0 Å². The maximum Gasteiger partial charge on any atom is 0.306 e. The fraction of sp³-hybridized carbons (Fsp3) is 0.962. The van der Waals surface area contributed by atoms with Gasteiger partial charge in [-0.15, -0.1) is 0 Å². The van der Waals surface area contributed by atoms with Gasteiger partial charge in [-0.3, -0.25) is 9.59 Å². The summed E-state index contributed by atoms with van der Waals surface area (Å²) in [5, 5.41) is 23.7. The molecular formula is C52H103NO5. The van der Waals surface area contributed by atoms with Crippen molar-refractivity contribution < 1.29 is 24.5 Å². The maximum atomic E-state index is 13.2.